The molecule has 0 radical (unpaired) electrons. The van der Waals surface area contributed by atoms with E-state index in [-0.39, 0.29) is 6.10 Å². The molecular formula is C18H15ClN4OS. The maximum absolute atomic E-state index is 5.97. The summed E-state index contributed by atoms with van der Waals surface area (Å²) >= 11 is 7.58. The largest absolute Gasteiger partial charge is 0.483 e. The standard InChI is InChI=1S/C18H15ClN4OS/c1-12(24-15-5-3-2-4-6-15)17-20-21-18-23(17)22-16(11-25-18)13-7-9-14(19)10-8-13/h2-10,12H,11H2,1H3/t12-/m1/s1. The van der Waals surface area contributed by atoms with Crippen molar-refractivity contribution < 1.29 is 4.74 Å². The highest BCUT2D eigenvalue weighted by Crippen LogP contribution is 2.28. The van der Waals surface area contributed by atoms with Crippen LogP contribution >= 0.6 is 23.4 Å². The molecule has 1 aromatic heterocycles. The lowest BCUT2D eigenvalue weighted by molar-refractivity contribution is 0.211. The predicted molar refractivity (Wildman–Crippen MR) is 99.6 cm³/mol. The molecule has 2 aromatic carbocycles. The zero-order valence-electron chi connectivity index (χ0n) is 13.5. The molecule has 0 unspecified atom stereocenters. The van der Waals surface area contributed by atoms with Crippen LogP contribution in [-0.4, -0.2) is 26.3 Å². The smallest absolute Gasteiger partial charge is 0.212 e. The van der Waals surface area contributed by atoms with Crippen molar-refractivity contribution >= 4 is 29.1 Å². The van der Waals surface area contributed by atoms with Crippen molar-refractivity contribution in [3.05, 3.63) is 71.0 Å². The third-order valence-electron chi connectivity index (χ3n) is 3.79. The van der Waals surface area contributed by atoms with Gasteiger partial charge >= 0.3 is 0 Å². The Morgan fingerprint density at radius 1 is 1.08 bits per heavy atom. The van der Waals surface area contributed by atoms with Crippen molar-refractivity contribution in [2.75, 3.05) is 5.75 Å². The lowest BCUT2D eigenvalue weighted by atomic mass is 10.1. The molecule has 0 fully saturated rings. The number of thioether (sulfide) groups is 1. The molecule has 0 amide bonds. The third-order valence-corrected chi connectivity index (χ3v) is 4.97. The quantitative estimate of drug-likeness (QED) is 0.681. The zero-order chi connectivity index (χ0) is 17.2. The second kappa shape index (κ2) is 6.90. The predicted octanol–water partition coefficient (Wildman–Crippen LogP) is 4.43. The van der Waals surface area contributed by atoms with E-state index in [9.17, 15) is 0 Å². The minimum absolute atomic E-state index is 0.266. The van der Waals surface area contributed by atoms with Gasteiger partial charge in [0.2, 0.25) is 5.16 Å². The van der Waals surface area contributed by atoms with Crippen LogP contribution in [0.1, 0.15) is 24.4 Å². The van der Waals surface area contributed by atoms with E-state index in [1.807, 2.05) is 61.5 Å². The molecule has 0 N–H and O–H groups in total. The van der Waals surface area contributed by atoms with Gasteiger partial charge in [-0.3, -0.25) is 0 Å². The number of fused-ring (bicyclic) bond motifs is 1. The molecule has 0 aliphatic carbocycles. The van der Waals surface area contributed by atoms with E-state index < -0.39 is 0 Å². The van der Waals surface area contributed by atoms with Crippen LogP contribution in [0.25, 0.3) is 0 Å². The fraction of sp³-hybridized carbons (Fsp3) is 0.167. The Bertz CT molecular complexity index is 909. The van der Waals surface area contributed by atoms with Crippen LogP contribution in [0.2, 0.25) is 5.02 Å². The first-order chi connectivity index (χ1) is 12.2. The van der Waals surface area contributed by atoms with Crippen molar-refractivity contribution in [2.24, 2.45) is 5.10 Å². The number of para-hydroxylation sites is 1. The van der Waals surface area contributed by atoms with E-state index in [2.05, 4.69) is 10.2 Å². The molecular weight excluding hydrogens is 356 g/mol. The highest BCUT2D eigenvalue weighted by atomic mass is 35.5. The lowest BCUT2D eigenvalue weighted by Gasteiger charge is -2.17. The summed E-state index contributed by atoms with van der Waals surface area (Å²) in [4.78, 5) is 0. The number of ether oxygens (including phenoxy) is 1. The van der Waals surface area contributed by atoms with Crippen molar-refractivity contribution in [2.45, 2.75) is 18.2 Å². The average molecular weight is 371 g/mol. The summed E-state index contributed by atoms with van der Waals surface area (Å²) in [5, 5.41) is 14.7. The Hall–Kier alpha value is -2.31. The molecule has 2 heterocycles. The molecule has 25 heavy (non-hydrogen) atoms. The van der Waals surface area contributed by atoms with Gasteiger partial charge in [0, 0.05) is 10.8 Å². The maximum atomic E-state index is 5.97. The molecule has 0 saturated carbocycles. The van der Waals surface area contributed by atoms with E-state index in [0.717, 1.165) is 27.9 Å². The fourth-order valence-electron chi connectivity index (χ4n) is 2.54. The maximum Gasteiger partial charge on any atom is 0.212 e. The molecule has 1 aliphatic rings. The Morgan fingerprint density at radius 2 is 1.84 bits per heavy atom. The first-order valence-electron chi connectivity index (χ1n) is 7.84. The number of hydrogen-bond donors (Lipinski definition) is 0. The first kappa shape index (κ1) is 16.2. The van der Waals surface area contributed by atoms with Crippen LogP contribution in [-0.2, 0) is 0 Å². The highest BCUT2D eigenvalue weighted by molar-refractivity contribution is 7.99. The molecule has 4 rings (SSSR count). The van der Waals surface area contributed by atoms with Gasteiger partial charge < -0.3 is 4.74 Å². The van der Waals surface area contributed by atoms with Crippen LogP contribution in [0, 0.1) is 0 Å². The summed E-state index contributed by atoms with van der Waals surface area (Å²) in [5.74, 6) is 2.21. The van der Waals surface area contributed by atoms with Crippen molar-refractivity contribution in [1.82, 2.24) is 14.9 Å². The van der Waals surface area contributed by atoms with Gasteiger partial charge in [-0.25, -0.2) is 0 Å². The SMILES string of the molecule is C[C@@H](Oc1ccccc1)c1nnc2n1N=C(c1ccc(Cl)cc1)CS2. The van der Waals surface area contributed by atoms with Crippen LogP contribution < -0.4 is 4.74 Å². The second-order valence-electron chi connectivity index (χ2n) is 5.57. The molecule has 1 aliphatic heterocycles. The Morgan fingerprint density at radius 3 is 2.60 bits per heavy atom. The average Bonchev–Trinajstić information content (AvgIpc) is 3.06. The number of nitrogens with zero attached hydrogens (tertiary/aromatic N) is 4. The summed E-state index contributed by atoms with van der Waals surface area (Å²) in [6.07, 6.45) is -0.266. The Balaban J connectivity index is 1.63. The highest BCUT2D eigenvalue weighted by Gasteiger charge is 2.24. The molecule has 0 bridgehead atoms. The van der Waals surface area contributed by atoms with Gasteiger partial charge in [0.15, 0.2) is 11.9 Å². The summed E-state index contributed by atoms with van der Waals surface area (Å²) in [5.41, 5.74) is 2.00. The van der Waals surface area contributed by atoms with E-state index in [1.165, 1.54) is 0 Å². The molecule has 126 valence electrons. The number of aromatic nitrogens is 3. The molecule has 0 saturated heterocycles. The second-order valence-corrected chi connectivity index (χ2v) is 6.95. The Labute approximate surface area is 154 Å². The number of hydrogen-bond acceptors (Lipinski definition) is 5. The number of rotatable bonds is 4. The lowest BCUT2D eigenvalue weighted by Crippen LogP contribution is -2.17. The van der Waals surface area contributed by atoms with Gasteiger partial charge in [-0.1, -0.05) is 53.7 Å². The summed E-state index contributed by atoms with van der Waals surface area (Å²) in [6.45, 7) is 1.95. The fourth-order valence-corrected chi connectivity index (χ4v) is 3.51. The van der Waals surface area contributed by atoms with Crippen LogP contribution in [0.5, 0.6) is 5.75 Å². The third kappa shape index (κ3) is 3.41. The van der Waals surface area contributed by atoms with Crippen molar-refractivity contribution in [1.29, 1.82) is 0 Å². The van der Waals surface area contributed by atoms with Crippen LogP contribution in [0.3, 0.4) is 0 Å². The van der Waals surface area contributed by atoms with E-state index in [0.29, 0.717) is 10.8 Å². The van der Waals surface area contributed by atoms with E-state index in [1.54, 1.807) is 16.4 Å². The first-order valence-corrected chi connectivity index (χ1v) is 9.20. The van der Waals surface area contributed by atoms with Crippen molar-refractivity contribution in [3.8, 4) is 5.75 Å². The molecule has 1 atom stereocenters. The minimum Gasteiger partial charge on any atom is -0.483 e. The van der Waals surface area contributed by atoms with Gasteiger partial charge in [-0.2, -0.15) is 9.78 Å². The van der Waals surface area contributed by atoms with Gasteiger partial charge in [-0.15, -0.1) is 10.2 Å². The normalized spacial score (nSPS) is 14.6. The van der Waals surface area contributed by atoms with Crippen LogP contribution in [0.4, 0.5) is 0 Å². The van der Waals surface area contributed by atoms with Crippen molar-refractivity contribution in [3.63, 3.8) is 0 Å². The molecule has 5 nitrogen and oxygen atoms in total. The van der Waals surface area contributed by atoms with Gasteiger partial charge in [0.25, 0.3) is 0 Å². The summed E-state index contributed by atoms with van der Waals surface area (Å²) in [7, 11) is 0. The van der Waals surface area contributed by atoms with E-state index >= 15 is 0 Å². The topological polar surface area (TPSA) is 52.3 Å². The minimum atomic E-state index is -0.266. The summed E-state index contributed by atoms with van der Waals surface area (Å²) < 4.78 is 7.73. The van der Waals surface area contributed by atoms with Gasteiger partial charge in [0.1, 0.15) is 5.75 Å². The molecule has 0 spiro atoms. The number of benzene rings is 2. The molecule has 3 aromatic rings. The molecule has 7 heteroatoms. The van der Waals surface area contributed by atoms with Gasteiger partial charge in [-0.05, 0) is 36.8 Å². The zero-order valence-corrected chi connectivity index (χ0v) is 15.0. The van der Waals surface area contributed by atoms with E-state index in [4.69, 9.17) is 21.4 Å². The monoisotopic (exact) mass is 370 g/mol. The number of halogens is 1. The summed E-state index contributed by atoms with van der Waals surface area (Å²) in [6, 6.07) is 17.4. The Kier molecular flexibility index (Phi) is 4.46. The van der Waals surface area contributed by atoms with Gasteiger partial charge in [0.05, 0.1) is 5.71 Å². The van der Waals surface area contributed by atoms with Crippen LogP contribution in [0.15, 0.2) is 64.9 Å².